The number of halogens is 1. The summed E-state index contributed by atoms with van der Waals surface area (Å²) in [6, 6.07) is 0.252. The molecule has 10 heteroatoms. The lowest BCUT2D eigenvalue weighted by molar-refractivity contribution is -0.128. The molecule has 0 radical (unpaired) electrons. The summed E-state index contributed by atoms with van der Waals surface area (Å²) in [6.45, 7) is 7.88. The van der Waals surface area contributed by atoms with Gasteiger partial charge >= 0.3 is 0 Å². The van der Waals surface area contributed by atoms with Gasteiger partial charge in [0.2, 0.25) is 11.8 Å². The minimum atomic E-state index is -0.926. The van der Waals surface area contributed by atoms with Crippen molar-refractivity contribution in [2.24, 2.45) is 22.1 Å². The van der Waals surface area contributed by atoms with E-state index in [1.165, 1.54) is 14.0 Å². The highest BCUT2D eigenvalue weighted by Gasteiger charge is 2.32. The van der Waals surface area contributed by atoms with Gasteiger partial charge in [0, 0.05) is 25.2 Å². The fourth-order valence-electron chi connectivity index (χ4n) is 3.11. The van der Waals surface area contributed by atoms with Gasteiger partial charge in [-0.15, -0.1) is 0 Å². The molecule has 3 atom stereocenters. The van der Waals surface area contributed by atoms with E-state index in [1.807, 2.05) is 26.8 Å². The Hall–Kier alpha value is -2.60. The number of nitrogens with two attached hydrogens (primary N) is 1. The standard InChI is InChI=1S/C20H31ClN6O3/c1-11(23)15(21)16(24-5)19(30)27-14(9-20(2,3)4)18(29)26-13(10-22)8-12-6-7-25-17(12)28/h12-14H,6-9,23H2,1-5H3,(H,25,28)(H,26,29)(H,27,30)/t12-,13-,14-/m0/s1. The third kappa shape index (κ3) is 7.67. The van der Waals surface area contributed by atoms with Crippen LogP contribution >= 0.6 is 11.6 Å². The van der Waals surface area contributed by atoms with Crippen LogP contribution in [0.25, 0.3) is 0 Å². The van der Waals surface area contributed by atoms with E-state index in [1.54, 1.807) is 0 Å². The van der Waals surface area contributed by atoms with Crippen LogP contribution in [0.2, 0.25) is 0 Å². The summed E-state index contributed by atoms with van der Waals surface area (Å²) >= 11 is 6.07. The van der Waals surface area contributed by atoms with E-state index >= 15 is 0 Å². The van der Waals surface area contributed by atoms with E-state index in [-0.39, 0.29) is 40.1 Å². The van der Waals surface area contributed by atoms with Crippen LogP contribution in [-0.2, 0) is 14.4 Å². The molecule has 1 aliphatic rings. The van der Waals surface area contributed by atoms with Crippen molar-refractivity contribution >= 4 is 35.0 Å². The van der Waals surface area contributed by atoms with Gasteiger partial charge in [-0.3, -0.25) is 19.4 Å². The molecule has 0 saturated carbocycles. The van der Waals surface area contributed by atoms with Crippen LogP contribution in [-0.4, -0.2) is 49.1 Å². The number of rotatable bonds is 8. The van der Waals surface area contributed by atoms with Gasteiger partial charge in [0.15, 0.2) is 0 Å². The van der Waals surface area contributed by atoms with Gasteiger partial charge in [-0.2, -0.15) is 5.26 Å². The highest BCUT2D eigenvalue weighted by atomic mass is 35.5. The monoisotopic (exact) mass is 438 g/mol. The number of hydrogen-bond donors (Lipinski definition) is 4. The average Bonchev–Trinajstić information content (AvgIpc) is 3.04. The molecule has 5 N–H and O–H groups in total. The minimum Gasteiger partial charge on any atom is -0.401 e. The van der Waals surface area contributed by atoms with Gasteiger partial charge in [0.1, 0.15) is 17.8 Å². The lowest BCUT2D eigenvalue weighted by Gasteiger charge is -2.27. The Kier molecular flexibility index (Phi) is 9.30. The zero-order valence-corrected chi connectivity index (χ0v) is 18.9. The Morgan fingerprint density at radius 1 is 1.40 bits per heavy atom. The number of nitrogens with one attached hydrogen (secondary N) is 3. The molecule has 0 unspecified atom stereocenters. The van der Waals surface area contributed by atoms with Crippen molar-refractivity contribution in [3.8, 4) is 6.07 Å². The molecule has 3 amide bonds. The summed E-state index contributed by atoms with van der Waals surface area (Å²) in [5.41, 5.74) is 5.50. The molecular formula is C20H31ClN6O3. The van der Waals surface area contributed by atoms with Gasteiger partial charge in [0.25, 0.3) is 5.91 Å². The lowest BCUT2D eigenvalue weighted by atomic mass is 9.87. The van der Waals surface area contributed by atoms with Crippen molar-refractivity contribution in [1.29, 1.82) is 5.26 Å². The zero-order valence-electron chi connectivity index (χ0n) is 18.1. The minimum absolute atomic E-state index is 0.00654. The molecule has 9 nitrogen and oxygen atoms in total. The molecule has 0 bridgehead atoms. The Morgan fingerprint density at radius 2 is 2.03 bits per heavy atom. The van der Waals surface area contributed by atoms with E-state index < -0.39 is 23.9 Å². The zero-order chi connectivity index (χ0) is 23.1. The predicted molar refractivity (Wildman–Crippen MR) is 115 cm³/mol. The molecule has 1 rings (SSSR count). The molecule has 30 heavy (non-hydrogen) atoms. The first-order chi connectivity index (χ1) is 13.9. The van der Waals surface area contributed by atoms with Gasteiger partial charge < -0.3 is 21.7 Å². The normalized spacial score (nSPS) is 19.8. The van der Waals surface area contributed by atoms with Gasteiger partial charge in [-0.1, -0.05) is 32.4 Å². The number of nitrogens with zero attached hydrogens (tertiary/aromatic N) is 2. The number of carbonyl (C=O) groups excluding carboxylic acids is 3. The molecular weight excluding hydrogens is 408 g/mol. The number of carbonyl (C=O) groups is 3. The SMILES string of the molecule is CN=C(C(=O)N[C@@H](CC(C)(C)C)C(=O)N[C@H](C#N)C[C@@H]1CCNC1=O)C(Cl)=C(C)N. The van der Waals surface area contributed by atoms with Crippen LogP contribution < -0.4 is 21.7 Å². The molecule has 0 aromatic carbocycles. The highest BCUT2D eigenvalue weighted by Crippen LogP contribution is 2.22. The van der Waals surface area contributed by atoms with Gasteiger partial charge in [-0.25, -0.2) is 0 Å². The fourth-order valence-corrected chi connectivity index (χ4v) is 3.28. The first-order valence-electron chi connectivity index (χ1n) is 9.77. The number of nitriles is 1. The second-order valence-electron chi connectivity index (χ2n) is 8.56. The molecule has 1 heterocycles. The molecule has 0 aromatic heterocycles. The van der Waals surface area contributed by atoms with Crippen molar-refractivity contribution in [3.05, 3.63) is 10.7 Å². The lowest BCUT2D eigenvalue weighted by Crippen LogP contribution is -2.52. The van der Waals surface area contributed by atoms with E-state index in [9.17, 15) is 19.6 Å². The quantitative estimate of drug-likeness (QED) is 0.416. The molecule has 166 valence electrons. The second-order valence-corrected chi connectivity index (χ2v) is 8.94. The Labute approximate surface area is 182 Å². The molecule has 1 aliphatic heterocycles. The van der Waals surface area contributed by atoms with Crippen LogP contribution in [0.1, 0.15) is 47.0 Å². The maximum atomic E-state index is 12.9. The highest BCUT2D eigenvalue weighted by molar-refractivity contribution is 6.59. The topological polar surface area (TPSA) is 149 Å². The summed E-state index contributed by atoms with van der Waals surface area (Å²) < 4.78 is 0. The molecule has 0 spiro atoms. The van der Waals surface area contributed by atoms with Crippen molar-refractivity contribution in [3.63, 3.8) is 0 Å². The first kappa shape index (κ1) is 25.4. The van der Waals surface area contributed by atoms with E-state index in [0.29, 0.717) is 19.4 Å². The Bertz CT molecular complexity index is 774. The van der Waals surface area contributed by atoms with Crippen LogP contribution in [0.5, 0.6) is 0 Å². The summed E-state index contributed by atoms with van der Waals surface area (Å²) in [5.74, 6) is -1.59. The number of amides is 3. The molecule has 1 fully saturated rings. The van der Waals surface area contributed by atoms with E-state index in [0.717, 1.165) is 0 Å². The Morgan fingerprint density at radius 3 is 2.47 bits per heavy atom. The predicted octanol–water partition coefficient (Wildman–Crippen LogP) is 0.942. The van der Waals surface area contributed by atoms with Crippen LogP contribution in [0.15, 0.2) is 15.7 Å². The van der Waals surface area contributed by atoms with E-state index in [2.05, 4.69) is 20.9 Å². The van der Waals surface area contributed by atoms with Crippen molar-refractivity contribution in [2.75, 3.05) is 13.6 Å². The maximum absolute atomic E-state index is 12.9. The van der Waals surface area contributed by atoms with Crippen LogP contribution in [0.4, 0.5) is 0 Å². The number of hydrogen-bond acceptors (Lipinski definition) is 6. The molecule has 0 aromatic rings. The summed E-state index contributed by atoms with van der Waals surface area (Å²) in [4.78, 5) is 41.2. The molecule has 1 saturated heterocycles. The third-order valence-corrected chi connectivity index (χ3v) is 5.06. The van der Waals surface area contributed by atoms with Crippen LogP contribution in [0.3, 0.4) is 0 Å². The second kappa shape index (κ2) is 11.0. The van der Waals surface area contributed by atoms with Crippen LogP contribution in [0, 0.1) is 22.7 Å². The van der Waals surface area contributed by atoms with E-state index in [4.69, 9.17) is 17.3 Å². The summed E-state index contributed by atoms with van der Waals surface area (Å²) in [7, 11) is 1.40. The Balaban J connectivity index is 2.96. The number of aliphatic imine (C=N–C) groups is 1. The van der Waals surface area contributed by atoms with Crippen molar-refractivity contribution in [1.82, 2.24) is 16.0 Å². The third-order valence-electron chi connectivity index (χ3n) is 4.59. The van der Waals surface area contributed by atoms with Gasteiger partial charge in [0.05, 0.1) is 11.1 Å². The van der Waals surface area contributed by atoms with Crippen molar-refractivity contribution < 1.29 is 14.4 Å². The average molecular weight is 439 g/mol. The van der Waals surface area contributed by atoms with Gasteiger partial charge in [-0.05, 0) is 31.6 Å². The largest absolute Gasteiger partial charge is 0.401 e. The fraction of sp³-hybridized carbons (Fsp3) is 0.650. The smallest absolute Gasteiger partial charge is 0.271 e. The number of allylic oxidation sites excluding steroid dienone is 1. The van der Waals surface area contributed by atoms with Crippen molar-refractivity contribution in [2.45, 2.75) is 59.0 Å². The summed E-state index contributed by atoms with van der Waals surface area (Å²) in [6.07, 6.45) is 1.15. The molecule has 0 aliphatic carbocycles. The summed E-state index contributed by atoms with van der Waals surface area (Å²) in [5, 5.41) is 17.5. The first-order valence-corrected chi connectivity index (χ1v) is 10.1. The maximum Gasteiger partial charge on any atom is 0.271 e.